The second-order valence-electron chi connectivity index (χ2n) is 5.63. The zero-order valence-electron chi connectivity index (χ0n) is 14.4. The third-order valence-corrected chi connectivity index (χ3v) is 4.90. The number of benzene rings is 2. The van der Waals surface area contributed by atoms with Gasteiger partial charge in [0, 0.05) is 16.9 Å². The summed E-state index contributed by atoms with van der Waals surface area (Å²) in [5, 5.41) is 8.59. The number of nitrogens with zero attached hydrogens (tertiary/aromatic N) is 1. The van der Waals surface area contributed by atoms with Crippen LogP contribution in [0, 0.1) is 0 Å². The van der Waals surface area contributed by atoms with Gasteiger partial charge in [0.25, 0.3) is 5.91 Å². The van der Waals surface area contributed by atoms with Crippen LogP contribution in [0.3, 0.4) is 0 Å². The van der Waals surface area contributed by atoms with Crippen LogP contribution < -0.4 is 10.6 Å². The highest BCUT2D eigenvalue weighted by Gasteiger charge is 2.15. The lowest BCUT2D eigenvalue weighted by Crippen LogP contribution is -2.21. The van der Waals surface area contributed by atoms with E-state index in [1.54, 1.807) is 17.5 Å². The molecule has 144 valence electrons. The number of hydrogen-bond acceptors (Lipinski definition) is 6. The topological polar surface area (TPSA) is 80.3 Å². The molecule has 1 aromatic heterocycles. The van der Waals surface area contributed by atoms with Gasteiger partial charge in [0.05, 0.1) is 10.7 Å². The molecular weight excluding hydrogens is 421 g/mol. The molecule has 0 saturated heterocycles. The quantitative estimate of drug-likeness (QED) is 0.518. The molecule has 6 nitrogen and oxygen atoms in total. The van der Waals surface area contributed by atoms with Crippen molar-refractivity contribution in [2.24, 2.45) is 0 Å². The van der Waals surface area contributed by atoms with E-state index in [0.717, 1.165) is 5.56 Å². The monoisotopic (exact) mass is 435 g/mol. The molecule has 1 amide bonds. The number of amides is 1. The maximum Gasteiger partial charge on any atom is 0.358 e. The van der Waals surface area contributed by atoms with Gasteiger partial charge in [0.2, 0.25) is 0 Å². The first-order valence-electron chi connectivity index (χ1n) is 8.16. The molecule has 0 spiro atoms. The van der Waals surface area contributed by atoms with Gasteiger partial charge in [-0.15, -0.1) is 11.3 Å². The Bertz CT molecular complexity index is 980. The van der Waals surface area contributed by atoms with Crippen LogP contribution in [-0.2, 0) is 16.1 Å². The fourth-order valence-corrected chi connectivity index (χ4v) is 3.22. The van der Waals surface area contributed by atoms with Crippen LogP contribution >= 0.6 is 34.5 Å². The number of halogens is 2. The van der Waals surface area contributed by atoms with Crippen LogP contribution in [0.25, 0.3) is 0 Å². The fraction of sp³-hybridized carbons (Fsp3) is 0.105. The molecular formula is C19H15Cl2N3O3S. The molecule has 3 aromatic rings. The Morgan fingerprint density at radius 3 is 2.68 bits per heavy atom. The average Bonchev–Trinajstić information content (AvgIpc) is 3.17. The van der Waals surface area contributed by atoms with Crippen molar-refractivity contribution in [1.29, 1.82) is 0 Å². The first-order valence-corrected chi connectivity index (χ1v) is 9.80. The summed E-state index contributed by atoms with van der Waals surface area (Å²) in [6, 6.07) is 14.5. The van der Waals surface area contributed by atoms with Gasteiger partial charge in [-0.25, -0.2) is 9.78 Å². The van der Waals surface area contributed by atoms with Gasteiger partial charge >= 0.3 is 5.97 Å². The first kappa shape index (κ1) is 20.1. The predicted octanol–water partition coefficient (Wildman–Crippen LogP) is 4.86. The molecule has 0 fully saturated rings. The smallest absolute Gasteiger partial charge is 0.358 e. The summed E-state index contributed by atoms with van der Waals surface area (Å²) >= 11 is 13.1. The van der Waals surface area contributed by atoms with E-state index in [0.29, 0.717) is 27.4 Å². The normalized spacial score (nSPS) is 10.4. The lowest BCUT2D eigenvalue weighted by atomic mass is 10.2. The highest BCUT2D eigenvalue weighted by atomic mass is 35.5. The minimum Gasteiger partial charge on any atom is -0.451 e. The third kappa shape index (κ3) is 5.69. The number of anilines is 2. The molecule has 3 rings (SSSR count). The summed E-state index contributed by atoms with van der Waals surface area (Å²) in [6.07, 6.45) is 0. The van der Waals surface area contributed by atoms with Crippen molar-refractivity contribution >= 4 is 57.2 Å². The van der Waals surface area contributed by atoms with Crippen molar-refractivity contribution in [3.05, 3.63) is 75.2 Å². The molecule has 0 unspecified atom stereocenters. The number of ether oxygens (including phenoxy) is 1. The Morgan fingerprint density at radius 1 is 1.11 bits per heavy atom. The van der Waals surface area contributed by atoms with Gasteiger partial charge < -0.3 is 15.4 Å². The van der Waals surface area contributed by atoms with E-state index in [4.69, 9.17) is 27.9 Å². The van der Waals surface area contributed by atoms with Crippen molar-refractivity contribution in [2.45, 2.75) is 6.54 Å². The van der Waals surface area contributed by atoms with Gasteiger partial charge in [0.1, 0.15) is 0 Å². The molecule has 28 heavy (non-hydrogen) atoms. The summed E-state index contributed by atoms with van der Waals surface area (Å²) in [5.41, 5.74) is 1.57. The van der Waals surface area contributed by atoms with Crippen molar-refractivity contribution in [3.63, 3.8) is 0 Å². The molecule has 0 radical (unpaired) electrons. The average molecular weight is 436 g/mol. The highest BCUT2D eigenvalue weighted by molar-refractivity contribution is 7.13. The Morgan fingerprint density at radius 2 is 1.89 bits per heavy atom. The Kier molecular flexibility index (Phi) is 6.86. The fourth-order valence-electron chi connectivity index (χ4n) is 2.21. The van der Waals surface area contributed by atoms with Crippen LogP contribution in [-0.4, -0.2) is 23.5 Å². The number of carbonyl (C=O) groups is 2. The maximum atomic E-state index is 12.1. The molecule has 0 aliphatic rings. The zero-order valence-corrected chi connectivity index (χ0v) is 16.8. The van der Waals surface area contributed by atoms with Gasteiger partial charge in [-0.2, -0.15) is 0 Å². The van der Waals surface area contributed by atoms with Crippen LogP contribution in [0.4, 0.5) is 10.8 Å². The lowest BCUT2D eigenvalue weighted by Gasteiger charge is -2.08. The molecule has 2 aromatic carbocycles. The van der Waals surface area contributed by atoms with Crippen LogP contribution in [0.2, 0.25) is 10.0 Å². The number of thiazole rings is 1. The summed E-state index contributed by atoms with van der Waals surface area (Å²) < 4.78 is 5.00. The third-order valence-electron chi connectivity index (χ3n) is 3.54. The number of aromatic nitrogens is 1. The molecule has 2 N–H and O–H groups in total. The van der Waals surface area contributed by atoms with E-state index in [1.807, 2.05) is 30.3 Å². The second kappa shape index (κ2) is 9.54. The van der Waals surface area contributed by atoms with E-state index in [-0.39, 0.29) is 5.69 Å². The number of nitrogens with one attached hydrogen (secondary N) is 2. The SMILES string of the molecule is O=C(COC(=O)c1csc(NCc2ccccc2)n1)Nc1cc(Cl)ccc1Cl. The van der Waals surface area contributed by atoms with Gasteiger partial charge in [-0.05, 0) is 23.8 Å². The molecule has 0 aliphatic carbocycles. The van der Waals surface area contributed by atoms with E-state index >= 15 is 0 Å². The minimum atomic E-state index is -0.684. The van der Waals surface area contributed by atoms with Gasteiger partial charge in [-0.3, -0.25) is 4.79 Å². The van der Waals surface area contributed by atoms with Crippen molar-refractivity contribution in [3.8, 4) is 0 Å². The molecule has 0 saturated carbocycles. The largest absolute Gasteiger partial charge is 0.451 e. The summed E-state index contributed by atoms with van der Waals surface area (Å²) in [7, 11) is 0. The van der Waals surface area contributed by atoms with Gasteiger partial charge in [0.15, 0.2) is 17.4 Å². The minimum absolute atomic E-state index is 0.133. The molecule has 1 heterocycles. The molecule has 0 aliphatic heterocycles. The van der Waals surface area contributed by atoms with E-state index in [2.05, 4.69) is 15.6 Å². The standard InChI is InChI=1S/C19H15Cl2N3O3S/c20-13-6-7-14(21)15(8-13)23-17(25)10-27-18(26)16-11-28-19(24-16)22-9-12-4-2-1-3-5-12/h1-8,11H,9-10H2,(H,22,24)(H,23,25). The maximum absolute atomic E-state index is 12.1. The summed E-state index contributed by atoms with van der Waals surface area (Å²) in [4.78, 5) is 28.2. The Labute approximate surface area is 175 Å². The summed E-state index contributed by atoms with van der Waals surface area (Å²) in [6.45, 7) is 0.123. The molecule has 0 atom stereocenters. The number of esters is 1. The zero-order chi connectivity index (χ0) is 19.9. The van der Waals surface area contributed by atoms with Crippen molar-refractivity contribution in [1.82, 2.24) is 4.98 Å². The van der Waals surface area contributed by atoms with Crippen LogP contribution in [0.5, 0.6) is 0 Å². The summed E-state index contributed by atoms with van der Waals surface area (Å²) in [5.74, 6) is -1.22. The van der Waals surface area contributed by atoms with E-state index < -0.39 is 18.5 Å². The first-order chi connectivity index (χ1) is 13.5. The van der Waals surface area contributed by atoms with E-state index in [1.165, 1.54) is 17.4 Å². The predicted molar refractivity (Wildman–Crippen MR) is 111 cm³/mol. The molecule has 0 bridgehead atoms. The number of rotatable bonds is 7. The van der Waals surface area contributed by atoms with Gasteiger partial charge in [-0.1, -0.05) is 53.5 Å². The van der Waals surface area contributed by atoms with Crippen molar-refractivity contribution in [2.75, 3.05) is 17.2 Å². The molecule has 9 heteroatoms. The van der Waals surface area contributed by atoms with Crippen LogP contribution in [0.1, 0.15) is 16.1 Å². The Balaban J connectivity index is 1.49. The second-order valence-corrected chi connectivity index (χ2v) is 7.33. The highest BCUT2D eigenvalue weighted by Crippen LogP contribution is 2.25. The van der Waals surface area contributed by atoms with Crippen molar-refractivity contribution < 1.29 is 14.3 Å². The number of carbonyl (C=O) groups excluding carboxylic acids is 2. The van der Waals surface area contributed by atoms with E-state index in [9.17, 15) is 9.59 Å². The van der Waals surface area contributed by atoms with Crippen LogP contribution in [0.15, 0.2) is 53.9 Å². The number of hydrogen-bond donors (Lipinski definition) is 2. The Hall–Kier alpha value is -2.61. The lowest BCUT2D eigenvalue weighted by molar-refractivity contribution is -0.119.